The largest absolute Gasteiger partial charge is 0.244 e. The van der Waals surface area contributed by atoms with Gasteiger partial charge in [0.1, 0.15) is 0 Å². The fraction of sp³-hybridized carbons (Fsp3) is 0.636. The molecule has 0 N–H and O–H groups in total. The minimum atomic E-state index is -3.42. The Labute approximate surface area is 126 Å². The Morgan fingerprint density at radius 3 is 2.56 bits per heavy atom. The maximum atomic E-state index is 12.5. The molecule has 1 rings (SSSR count). The van der Waals surface area contributed by atoms with Gasteiger partial charge in [-0.25, -0.2) is 8.42 Å². The molecule has 0 amide bonds. The molecule has 0 unspecified atom stereocenters. The molecule has 0 spiro atoms. The van der Waals surface area contributed by atoms with Crippen LogP contribution in [0.5, 0.6) is 0 Å². The molecule has 1 heterocycles. The first kappa shape index (κ1) is 16.4. The zero-order chi connectivity index (χ0) is 13.8. The molecular weight excluding hydrogens is 358 g/mol. The lowest BCUT2D eigenvalue weighted by molar-refractivity contribution is 0.420. The highest BCUT2D eigenvalue weighted by atomic mass is 79.9. The molecule has 0 saturated carbocycles. The summed E-state index contributed by atoms with van der Waals surface area (Å²) in [6.07, 6.45) is 1.81. The van der Waals surface area contributed by atoms with Crippen molar-refractivity contribution in [1.82, 2.24) is 4.31 Å². The van der Waals surface area contributed by atoms with Crippen LogP contribution >= 0.6 is 38.9 Å². The molecule has 3 nitrogen and oxygen atoms in total. The number of aryl methyl sites for hydroxylation is 1. The third-order valence-electron chi connectivity index (χ3n) is 2.55. The quantitative estimate of drug-likeness (QED) is 0.680. The second kappa shape index (κ2) is 7.24. The van der Waals surface area contributed by atoms with Gasteiger partial charge in [-0.3, -0.25) is 0 Å². The maximum absolute atomic E-state index is 12.5. The molecule has 0 aliphatic rings. The highest BCUT2D eigenvalue weighted by Crippen LogP contribution is 2.31. The SMILES string of the molecule is CCCCN(CCCl)S(=O)(=O)c1cc(Br)sc1C. The Kier molecular flexibility index (Phi) is 6.61. The zero-order valence-electron chi connectivity index (χ0n) is 10.4. The molecule has 0 aliphatic carbocycles. The van der Waals surface area contributed by atoms with Crippen molar-refractivity contribution in [3.05, 3.63) is 14.7 Å². The Balaban J connectivity index is 3.04. The van der Waals surface area contributed by atoms with Crippen LogP contribution in [0.4, 0.5) is 0 Å². The van der Waals surface area contributed by atoms with E-state index >= 15 is 0 Å². The van der Waals surface area contributed by atoms with Crippen molar-refractivity contribution >= 4 is 48.9 Å². The van der Waals surface area contributed by atoms with E-state index in [0.29, 0.717) is 23.9 Å². The van der Waals surface area contributed by atoms with Crippen molar-refractivity contribution in [2.75, 3.05) is 19.0 Å². The highest BCUT2D eigenvalue weighted by Gasteiger charge is 2.26. The number of rotatable bonds is 7. The van der Waals surface area contributed by atoms with E-state index in [1.165, 1.54) is 15.6 Å². The summed E-state index contributed by atoms with van der Waals surface area (Å²) in [5.74, 6) is 0.313. The van der Waals surface area contributed by atoms with Crippen molar-refractivity contribution < 1.29 is 8.42 Å². The Bertz CT molecular complexity index is 487. The van der Waals surface area contributed by atoms with Gasteiger partial charge in [-0.05, 0) is 35.3 Å². The van der Waals surface area contributed by atoms with E-state index in [4.69, 9.17) is 11.6 Å². The third-order valence-corrected chi connectivity index (χ3v) is 6.43. The molecule has 7 heteroatoms. The van der Waals surface area contributed by atoms with E-state index in [0.717, 1.165) is 21.5 Å². The molecular formula is C11H17BrClNO2S2. The number of hydrogen-bond donors (Lipinski definition) is 0. The number of alkyl halides is 1. The van der Waals surface area contributed by atoms with Gasteiger partial charge in [0.05, 0.1) is 8.68 Å². The molecule has 1 aromatic heterocycles. The second-order valence-electron chi connectivity index (χ2n) is 3.92. The number of hydrogen-bond acceptors (Lipinski definition) is 3. The average molecular weight is 375 g/mol. The van der Waals surface area contributed by atoms with E-state index in [1.807, 2.05) is 13.8 Å². The third kappa shape index (κ3) is 3.93. The minimum Gasteiger partial charge on any atom is -0.207 e. The molecule has 18 heavy (non-hydrogen) atoms. The first-order valence-corrected chi connectivity index (χ1v) is 9.34. The van der Waals surface area contributed by atoms with Gasteiger partial charge in [-0.1, -0.05) is 13.3 Å². The van der Waals surface area contributed by atoms with Crippen molar-refractivity contribution in [2.24, 2.45) is 0 Å². The van der Waals surface area contributed by atoms with Crippen LogP contribution in [0.25, 0.3) is 0 Å². The normalized spacial score (nSPS) is 12.3. The molecule has 1 aromatic rings. The standard InChI is InChI=1S/C11H17BrClNO2S2/c1-3-4-6-14(7-5-13)18(15,16)10-8-11(12)17-9(10)2/h8H,3-7H2,1-2H3. The van der Waals surface area contributed by atoms with E-state index < -0.39 is 10.0 Å². The Morgan fingerprint density at radius 2 is 2.11 bits per heavy atom. The molecule has 104 valence electrons. The second-order valence-corrected chi connectivity index (χ2v) is 8.84. The number of thiophene rings is 1. The zero-order valence-corrected chi connectivity index (χ0v) is 14.4. The number of unbranched alkanes of at least 4 members (excludes halogenated alkanes) is 1. The van der Waals surface area contributed by atoms with E-state index in [9.17, 15) is 8.42 Å². The summed E-state index contributed by atoms with van der Waals surface area (Å²) >= 11 is 10.5. The highest BCUT2D eigenvalue weighted by molar-refractivity contribution is 9.11. The van der Waals surface area contributed by atoms with Crippen LogP contribution in [0.3, 0.4) is 0 Å². The van der Waals surface area contributed by atoms with Crippen LogP contribution in [-0.2, 0) is 10.0 Å². The number of sulfonamides is 1. The Morgan fingerprint density at radius 1 is 1.44 bits per heavy atom. The topological polar surface area (TPSA) is 37.4 Å². The lowest BCUT2D eigenvalue weighted by atomic mass is 10.3. The van der Waals surface area contributed by atoms with E-state index in [-0.39, 0.29) is 0 Å². The molecule has 0 atom stereocenters. The summed E-state index contributed by atoms with van der Waals surface area (Å²) in [7, 11) is -3.42. The predicted octanol–water partition coefficient (Wildman–Crippen LogP) is 3.85. The smallest absolute Gasteiger partial charge is 0.207 e. The predicted molar refractivity (Wildman–Crippen MR) is 81.1 cm³/mol. The summed E-state index contributed by atoms with van der Waals surface area (Å²) in [5, 5.41) is 0. The monoisotopic (exact) mass is 373 g/mol. The van der Waals surface area contributed by atoms with Crippen LogP contribution in [0, 0.1) is 6.92 Å². The molecule has 0 fully saturated rings. The first-order chi connectivity index (χ1) is 8.43. The van der Waals surface area contributed by atoms with Crippen molar-refractivity contribution in [3.63, 3.8) is 0 Å². The van der Waals surface area contributed by atoms with Gasteiger partial charge < -0.3 is 0 Å². The van der Waals surface area contributed by atoms with Crippen molar-refractivity contribution in [3.8, 4) is 0 Å². The van der Waals surface area contributed by atoms with Crippen LogP contribution in [-0.4, -0.2) is 31.7 Å². The molecule has 0 aromatic carbocycles. The van der Waals surface area contributed by atoms with Gasteiger partial charge in [-0.2, -0.15) is 4.31 Å². The molecule has 0 bridgehead atoms. The van der Waals surface area contributed by atoms with E-state index in [2.05, 4.69) is 15.9 Å². The minimum absolute atomic E-state index is 0.313. The molecule has 0 aliphatic heterocycles. The van der Waals surface area contributed by atoms with Crippen LogP contribution in [0.2, 0.25) is 0 Å². The van der Waals surface area contributed by atoms with Crippen LogP contribution in [0.1, 0.15) is 24.6 Å². The van der Waals surface area contributed by atoms with Crippen LogP contribution < -0.4 is 0 Å². The summed E-state index contributed by atoms with van der Waals surface area (Å²) in [6, 6.07) is 1.67. The van der Waals surface area contributed by atoms with Gasteiger partial charge in [-0.15, -0.1) is 22.9 Å². The Hall–Kier alpha value is 0.380. The van der Waals surface area contributed by atoms with E-state index in [1.54, 1.807) is 6.07 Å². The van der Waals surface area contributed by atoms with Gasteiger partial charge in [0, 0.05) is 23.8 Å². The van der Waals surface area contributed by atoms with Gasteiger partial charge >= 0.3 is 0 Å². The summed E-state index contributed by atoms with van der Waals surface area (Å²) in [6.45, 7) is 4.74. The average Bonchev–Trinajstić information content (AvgIpc) is 2.64. The van der Waals surface area contributed by atoms with Gasteiger partial charge in [0.25, 0.3) is 0 Å². The number of halogens is 2. The summed E-state index contributed by atoms with van der Waals surface area (Å²) in [5.41, 5.74) is 0. The number of nitrogens with zero attached hydrogens (tertiary/aromatic N) is 1. The van der Waals surface area contributed by atoms with Gasteiger partial charge in [0.2, 0.25) is 10.0 Å². The fourth-order valence-electron chi connectivity index (χ4n) is 1.61. The lowest BCUT2D eigenvalue weighted by Gasteiger charge is -2.20. The fourth-order valence-corrected chi connectivity index (χ4v) is 5.77. The summed E-state index contributed by atoms with van der Waals surface area (Å²) in [4.78, 5) is 1.19. The molecule has 0 saturated heterocycles. The van der Waals surface area contributed by atoms with Crippen LogP contribution in [0.15, 0.2) is 14.7 Å². The first-order valence-electron chi connectivity index (χ1n) is 5.75. The van der Waals surface area contributed by atoms with Crippen molar-refractivity contribution in [1.29, 1.82) is 0 Å². The summed E-state index contributed by atoms with van der Waals surface area (Å²) < 4.78 is 27.3. The maximum Gasteiger partial charge on any atom is 0.244 e. The van der Waals surface area contributed by atoms with Gasteiger partial charge in [0.15, 0.2) is 0 Å². The lowest BCUT2D eigenvalue weighted by Crippen LogP contribution is -2.33. The van der Waals surface area contributed by atoms with Crippen molar-refractivity contribution in [2.45, 2.75) is 31.6 Å². The molecule has 0 radical (unpaired) electrons.